The van der Waals surface area contributed by atoms with E-state index in [-0.39, 0.29) is 11.8 Å². The van der Waals surface area contributed by atoms with Gasteiger partial charge < -0.3 is 10.0 Å². The van der Waals surface area contributed by atoms with Crippen molar-refractivity contribution in [3.8, 4) is 0 Å². The second kappa shape index (κ2) is 7.74. The molecular weight excluding hydrogens is 378 g/mol. The van der Waals surface area contributed by atoms with Crippen LogP contribution in [0.2, 0.25) is 5.02 Å². The fourth-order valence-electron chi connectivity index (χ4n) is 2.25. The molecule has 4 nitrogen and oxygen atoms in total. The number of carboxylic acids is 1. The zero-order valence-electron chi connectivity index (χ0n) is 13.1. The van der Waals surface area contributed by atoms with Gasteiger partial charge in [0.25, 0.3) is 0 Å². The van der Waals surface area contributed by atoms with Crippen LogP contribution in [-0.4, -0.2) is 23.5 Å². The van der Waals surface area contributed by atoms with Gasteiger partial charge in [0.15, 0.2) is 0 Å². The van der Waals surface area contributed by atoms with Gasteiger partial charge in [-0.15, -0.1) is 0 Å². The minimum absolute atomic E-state index is 0.249. The number of carbonyl (C=O) groups is 2. The summed E-state index contributed by atoms with van der Waals surface area (Å²) in [6.45, 7) is -0.692. The Morgan fingerprint density at radius 3 is 2.23 bits per heavy atom. The number of rotatable bonds is 5. The quantitative estimate of drug-likeness (QED) is 0.781. The topological polar surface area (TPSA) is 57.6 Å². The zero-order valence-corrected chi connectivity index (χ0v) is 13.8. The molecule has 138 valence electrons. The second-order valence-corrected chi connectivity index (χ2v) is 5.71. The first kappa shape index (κ1) is 19.7. The van der Waals surface area contributed by atoms with Gasteiger partial charge in [0.1, 0.15) is 12.4 Å². The maximum Gasteiger partial charge on any atom is 0.416 e. The van der Waals surface area contributed by atoms with Crippen molar-refractivity contribution in [1.29, 1.82) is 0 Å². The van der Waals surface area contributed by atoms with Gasteiger partial charge in [0.05, 0.1) is 12.0 Å². The molecule has 0 bridgehead atoms. The molecule has 2 rings (SSSR count). The molecule has 0 aliphatic heterocycles. The van der Waals surface area contributed by atoms with Crippen LogP contribution in [0, 0.1) is 5.82 Å². The summed E-state index contributed by atoms with van der Waals surface area (Å²) in [6, 6.07) is 8.53. The van der Waals surface area contributed by atoms with Crippen LogP contribution in [-0.2, 0) is 22.2 Å². The summed E-state index contributed by atoms with van der Waals surface area (Å²) in [5.74, 6) is -3.41. The highest BCUT2D eigenvalue weighted by Crippen LogP contribution is 2.34. The Bertz CT molecular complexity index is 801. The van der Waals surface area contributed by atoms with Crippen LogP contribution in [0.1, 0.15) is 11.1 Å². The molecule has 0 radical (unpaired) electrons. The molecule has 2 aromatic rings. The van der Waals surface area contributed by atoms with E-state index < -0.39 is 53.0 Å². The van der Waals surface area contributed by atoms with E-state index in [4.69, 9.17) is 16.7 Å². The van der Waals surface area contributed by atoms with Crippen LogP contribution in [0.4, 0.5) is 23.2 Å². The number of benzene rings is 2. The third-order valence-electron chi connectivity index (χ3n) is 3.46. The highest BCUT2D eigenvalue weighted by molar-refractivity contribution is 6.31. The van der Waals surface area contributed by atoms with Crippen LogP contribution in [0.3, 0.4) is 0 Å². The largest absolute Gasteiger partial charge is 0.480 e. The third-order valence-corrected chi connectivity index (χ3v) is 3.80. The van der Waals surface area contributed by atoms with Crippen molar-refractivity contribution >= 4 is 29.2 Å². The number of halogens is 5. The summed E-state index contributed by atoms with van der Waals surface area (Å²) in [5.41, 5.74) is -1.46. The average Bonchev–Trinajstić information content (AvgIpc) is 2.55. The molecule has 1 N–H and O–H groups in total. The third kappa shape index (κ3) is 4.72. The molecular formula is C17H12ClF4NO3. The monoisotopic (exact) mass is 389 g/mol. The number of para-hydroxylation sites is 1. The van der Waals surface area contributed by atoms with Gasteiger partial charge in [-0.3, -0.25) is 9.59 Å². The minimum atomic E-state index is -4.79. The average molecular weight is 390 g/mol. The molecule has 2 aromatic carbocycles. The first-order chi connectivity index (χ1) is 12.1. The molecule has 0 aromatic heterocycles. The van der Waals surface area contributed by atoms with Crippen molar-refractivity contribution in [1.82, 2.24) is 0 Å². The molecule has 0 spiro atoms. The van der Waals surface area contributed by atoms with Crippen molar-refractivity contribution in [2.75, 3.05) is 11.4 Å². The normalized spacial score (nSPS) is 11.3. The number of hydrogen-bond donors (Lipinski definition) is 1. The summed E-state index contributed by atoms with van der Waals surface area (Å²) in [5, 5.41) is 8.42. The van der Waals surface area contributed by atoms with E-state index in [1.807, 2.05) is 0 Å². The van der Waals surface area contributed by atoms with Gasteiger partial charge in [0.2, 0.25) is 5.91 Å². The predicted octanol–water partition coefficient (Wildman–Crippen LogP) is 4.16. The standard InChI is InChI=1S/C17H12ClF4NO3/c18-13-6-10(17(20,21)22)7-14(19)12(13)8-15(24)23(9-16(25)26)11-4-2-1-3-5-11/h1-7H,8-9H2,(H,25,26). The van der Waals surface area contributed by atoms with Crippen LogP contribution < -0.4 is 4.90 Å². The summed E-state index contributed by atoms with van der Waals surface area (Å²) >= 11 is 5.71. The molecule has 0 atom stereocenters. The van der Waals surface area contributed by atoms with E-state index in [9.17, 15) is 27.2 Å². The molecule has 26 heavy (non-hydrogen) atoms. The van der Waals surface area contributed by atoms with Crippen molar-refractivity contribution in [2.45, 2.75) is 12.6 Å². The summed E-state index contributed by atoms with van der Waals surface area (Å²) < 4.78 is 52.1. The van der Waals surface area contributed by atoms with Gasteiger partial charge in [-0.1, -0.05) is 29.8 Å². The smallest absolute Gasteiger partial charge is 0.416 e. The fraction of sp³-hybridized carbons (Fsp3) is 0.176. The molecule has 0 aliphatic carbocycles. The molecule has 9 heteroatoms. The summed E-state index contributed by atoms with van der Waals surface area (Å²) in [6.07, 6.45) is -5.47. The number of carbonyl (C=O) groups excluding carboxylic acids is 1. The Labute approximate surface area is 150 Å². The molecule has 0 saturated carbocycles. The lowest BCUT2D eigenvalue weighted by atomic mass is 10.1. The number of carboxylic acid groups (broad SMARTS) is 1. The molecule has 0 unspecified atom stereocenters. The molecule has 0 fully saturated rings. The Morgan fingerprint density at radius 2 is 1.73 bits per heavy atom. The van der Waals surface area contributed by atoms with Gasteiger partial charge in [-0.2, -0.15) is 13.2 Å². The first-order valence-corrected chi connectivity index (χ1v) is 7.59. The Kier molecular flexibility index (Phi) is 5.86. The number of alkyl halides is 3. The first-order valence-electron chi connectivity index (χ1n) is 7.22. The van der Waals surface area contributed by atoms with Gasteiger partial charge in [-0.05, 0) is 24.3 Å². The van der Waals surface area contributed by atoms with Crippen LogP contribution in [0.15, 0.2) is 42.5 Å². The number of hydrogen-bond acceptors (Lipinski definition) is 2. The Morgan fingerprint density at radius 1 is 1.12 bits per heavy atom. The Balaban J connectivity index is 2.33. The van der Waals surface area contributed by atoms with Crippen molar-refractivity contribution in [3.05, 3.63) is 64.4 Å². The van der Waals surface area contributed by atoms with Crippen LogP contribution in [0.5, 0.6) is 0 Å². The second-order valence-electron chi connectivity index (χ2n) is 5.30. The van der Waals surface area contributed by atoms with Crippen LogP contribution >= 0.6 is 11.6 Å². The van der Waals surface area contributed by atoms with Crippen molar-refractivity contribution < 1.29 is 32.3 Å². The maximum absolute atomic E-state index is 14.1. The van der Waals surface area contributed by atoms with E-state index >= 15 is 0 Å². The van der Waals surface area contributed by atoms with Gasteiger partial charge >= 0.3 is 12.1 Å². The fourth-order valence-corrected chi connectivity index (χ4v) is 2.52. The van der Waals surface area contributed by atoms with Crippen molar-refractivity contribution in [2.24, 2.45) is 0 Å². The maximum atomic E-state index is 14.1. The molecule has 0 heterocycles. The zero-order chi connectivity index (χ0) is 19.5. The van der Waals surface area contributed by atoms with E-state index in [2.05, 4.69) is 0 Å². The predicted molar refractivity (Wildman–Crippen MR) is 86.5 cm³/mol. The number of anilines is 1. The SMILES string of the molecule is O=C(O)CN(C(=O)Cc1c(F)cc(C(F)(F)F)cc1Cl)c1ccccc1. The minimum Gasteiger partial charge on any atom is -0.480 e. The lowest BCUT2D eigenvalue weighted by Gasteiger charge is -2.21. The van der Waals surface area contributed by atoms with Crippen LogP contribution in [0.25, 0.3) is 0 Å². The van der Waals surface area contributed by atoms with E-state index in [1.54, 1.807) is 18.2 Å². The number of nitrogens with zero attached hydrogens (tertiary/aromatic N) is 1. The van der Waals surface area contributed by atoms with E-state index in [0.717, 1.165) is 4.90 Å². The number of aliphatic carboxylic acids is 1. The molecule has 1 amide bonds. The molecule has 0 saturated heterocycles. The lowest BCUT2D eigenvalue weighted by molar-refractivity contribution is -0.138. The highest BCUT2D eigenvalue weighted by Gasteiger charge is 2.33. The van der Waals surface area contributed by atoms with Gasteiger partial charge in [0, 0.05) is 16.3 Å². The van der Waals surface area contributed by atoms with Crippen molar-refractivity contribution in [3.63, 3.8) is 0 Å². The lowest BCUT2D eigenvalue weighted by Crippen LogP contribution is -2.37. The summed E-state index contributed by atoms with van der Waals surface area (Å²) in [4.78, 5) is 24.3. The summed E-state index contributed by atoms with van der Waals surface area (Å²) in [7, 11) is 0. The highest BCUT2D eigenvalue weighted by atomic mass is 35.5. The Hall–Kier alpha value is -2.61. The molecule has 0 aliphatic rings. The van der Waals surface area contributed by atoms with E-state index in [1.165, 1.54) is 12.1 Å². The van der Waals surface area contributed by atoms with E-state index in [0.29, 0.717) is 6.07 Å². The van der Waals surface area contributed by atoms with Gasteiger partial charge in [-0.25, -0.2) is 4.39 Å². The number of amides is 1.